The van der Waals surface area contributed by atoms with Gasteiger partial charge in [0.2, 0.25) is 5.88 Å². The van der Waals surface area contributed by atoms with Crippen molar-refractivity contribution >= 4 is 24.2 Å². The SMILES string of the molecule is COc1cc(-c2nccc(-c3cccc(-c4ccc(C=O)c(OC)n4)c3Cl)c2F)ccc1C=O. The lowest BCUT2D eigenvalue weighted by molar-refractivity contribution is 0.111. The van der Waals surface area contributed by atoms with Crippen LogP contribution >= 0.6 is 11.6 Å². The summed E-state index contributed by atoms with van der Waals surface area (Å²) in [6, 6.07) is 14.6. The van der Waals surface area contributed by atoms with Gasteiger partial charge in [-0.3, -0.25) is 14.6 Å². The number of methoxy groups -OCH3 is 2. The summed E-state index contributed by atoms with van der Waals surface area (Å²) in [4.78, 5) is 30.9. The molecule has 0 unspecified atom stereocenters. The molecule has 0 amide bonds. The van der Waals surface area contributed by atoms with E-state index in [1.165, 1.54) is 26.5 Å². The monoisotopic (exact) mass is 476 g/mol. The maximum Gasteiger partial charge on any atom is 0.224 e. The van der Waals surface area contributed by atoms with Gasteiger partial charge in [-0.1, -0.05) is 35.9 Å². The van der Waals surface area contributed by atoms with Crippen molar-refractivity contribution in [2.45, 2.75) is 0 Å². The van der Waals surface area contributed by atoms with Crippen molar-refractivity contribution in [3.05, 3.63) is 82.8 Å². The van der Waals surface area contributed by atoms with Crippen molar-refractivity contribution in [2.75, 3.05) is 14.2 Å². The van der Waals surface area contributed by atoms with E-state index in [0.29, 0.717) is 51.8 Å². The predicted molar refractivity (Wildman–Crippen MR) is 127 cm³/mol. The molecule has 0 N–H and O–H groups in total. The van der Waals surface area contributed by atoms with E-state index < -0.39 is 5.82 Å². The summed E-state index contributed by atoms with van der Waals surface area (Å²) in [6.07, 6.45) is 2.80. The van der Waals surface area contributed by atoms with Gasteiger partial charge in [-0.15, -0.1) is 0 Å². The first-order valence-corrected chi connectivity index (χ1v) is 10.5. The Bertz CT molecular complexity index is 1300. The third-order valence-electron chi connectivity index (χ3n) is 5.30. The molecule has 0 radical (unpaired) electrons. The van der Waals surface area contributed by atoms with E-state index in [-0.39, 0.29) is 22.2 Å². The van der Waals surface area contributed by atoms with E-state index in [1.807, 2.05) is 0 Å². The first-order valence-electron chi connectivity index (χ1n) is 10.1. The second kappa shape index (κ2) is 9.80. The lowest BCUT2D eigenvalue weighted by Crippen LogP contribution is -1.98. The zero-order valence-electron chi connectivity index (χ0n) is 18.2. The Morgan fingerprint density at radius 2 is 1.62 bits per heavy atom. The minimum absolute atomic E-state index is 0.0878. The molecule has 2 aromatic carbocycles. The number of rotatable bonds is 7. The summed E-state index contributed by atoms with van der Waals surface area (Å²) >= 11 is 6.71. The summed E-state index contributed by atoms with van der Waals surface area (Å²) in [5, 5.41) is 0.279. The molecule has 34 heavy (non-hydrogen) atoms. The van der Waals surface area contributed by atoms with Crippen molar-refractivity contribution in [1.82, 2.24) is 9.97 Å². The maximum absolute atomic E-state index is 15.7. The number of pyridine rings is 2. The van der Waals surface area contributed by atoms with Gasteiger partial charge in [-0.2, -0.15) is 0 Å². The molecule has 8 heteroatoms. The fraction of sp³-hybridized carbons (Fsp3) is 0.0769. The number of carbonyl (C=O) groups is 2. The van der Waals surface area contributed by atoms with E-state index in [1.54, 1.807) is 48.5 Å². The molecular weight excluding hydrogens is 459 g/mol. The summed E-state index contributed by atoms with van der Waals surface area (Å²) in [5.74, 6) is -0.0960. The first kappa shape index (κ1) is 23.1. The van der Waals surface area contributed by atoms with Gasteiger partial charge >= 0.3 is 0 Å². The number of nitrogens with zero attached hydrogens (tertiary/aromatic N) is 2. The third-order valence-corrected chi connectivity index (χ3v) is 5.71. The van der Waals surface area contributed by atoms with Crippen LogP contribution in [0.5, 0.6) is 11.6 Å². The van der Waals surface area contributed by atoms with Crippen LogP contribution in [0.1, 0.15) is 20.7 Å². The molecule has 0 spiro atoms. The number of hydrogen-bond donors (Lipinski definition) is 0. The summed E-state index contributed by atoms with van der Waals surface area (Å²) in [7, 11) is 2.85. The average Bonchev–Trinajstić information content (AvgIpc) is 2.88. The van der Waals surface area contributed by atoms with Crippen molar-refractivity contribution in [2.24, 2.45) is 0 Å². The van der Waals surface area contributed by atoms with E-state index in [4.69, 9.17) is 21.1 Å². The molecule has 0 bridgehead atoms. The molecule has 2 heterocycles. The normalized spacial score (nSPS) is 10.6. The van der Waals surface area contributed by atoms with Crippen LogP contribution in [0.25, 0.3) is 33.6 Å². The number of ether oxygens (including phenoxy) is 2. The van der Waals surface area contributed by atoms with Crippen molar-refractivity contribution in [3.8, 4) is 45.3 Å². The minimum atomic E-state index is -0.579. The van der Waals surface area contributed by atoms with Gasteiger partial charge in [0.25, 0.3) is 0 Å². The quantitative estimate of drug-likeness (QED) is 0.308. The number of aromatic nitrogens is 2. The summed E-state index contributed by atoms with van der Waals surface area (Å²) in [6.45, 7) is 0. The van der Waals surface area contributed by atoms with Crippen LogP contribution in [-0.2, 0) is 0 Å². The standard InChI is InChI=1S/C26H18ClFN2O4/c1-33-22-12-15(6-7-16(22)13-31)25-24(28)19(10-11-29-25)18-4-3-5-20(23(18)27)21-9-8-17(14-32)26(30-21)34-2/h3-14H,1-2H3. The second-order valence-corrected chi connectivity index (χ2v) is 7.55. The van der Waals surface area contributed by atoms with E-state index in [0.717, 1.165) is 0 Å². The van der Waals surface area contributed by atoms with Gasteiger partial charge in [0, 0.05) is 28.5 Å². The van der Waals surface area contributed by atoms with Crippen molar-refractivity contribution < 1.29 is 23.5 Å². The number of halogens is 2. The number of benzene rings is 2. The molecular formula is C26H18ClFN2O4. The Morgan fingerprint density at radius 3 is 2.32 bits per heavy atom. The fourth-order valence-corrected chi connectivity index (χ4v) is 3.93. The fourth-order valence-electron chi connectivity index (χ4n) is 3.60. The van der Waals surface area contributed by atoms with Crippen LogP contribution in [-0.4, -0.2) is 36.8 Å². The van der Waals surface area contributed by atoms with Crippen LogP contribution in [0.3, 0.4) is 0 Å². The molecule has 2 aromatic heterocycles. The molecule has 6 nitrogen and oxygen atoms in total. The van der Waals surface area contributed by atoms with Crippen molar-refractivity contribution in [3.63, 3.8) is 0 Å². The molecule has 0 fully saturated rings. The smallest absolute Gasteiger partial charge is 0.224 e. The Hall–Kier alpha value is -4.10. The Labute approximate surface area is 200 Å². The molecule has 0 aliphatic heterocycles. The molecule has 4 aromatic rings. The Kier molecular flexibility index (Phi) is 6.65. The third kappa shape index (κ3) is 4.13. The molecule has 0 saturated heterocycles. The highest BCUT2D eigenvalue weighted by Crippen LogP contribution is 2.39. The maximum atomic E-state index is 15.7. The van der Waals surface area contributed by atoms with Gasteiger partial charge in [-0.25, -0.2) is 9.37 Å². The van der Waals surface area contributed by atoms with Crippen LogP contribution in [0, 0.1) is 5.82 Å². The first-order chi connectivity index (χ1) is 16.5. The zero-order valence-corrected chi connectivity index (χ0v) is 19.0. The second-order valence-electron chi connectivity index (χ2n) is 7.18. The minimum Gasteiger partial charge on any atom is -0.496 e. The van der Waals surface area contributed by atoms with Crippen molar-refractivity contribution in [1.29, 1.82) is 0 Å². The lowest BCUT2D eigenvalue weighted by Gasteiger charge is -2.13. The predicted octanol–water partition coefficient (Wildman–Crippen LogP) is 5.91. The Balaban J connectivity index is 1.83. The van der Waals surface area contributed by atoms with Crippen LogP contribution in [0.15, 0.2) is 60.8 Å². The van der Waals surface area contributed by atoms with Crippen LogP contribution < -0.4 is 9.47 Å². The Morgan fingerprint density at radius 1 is 0.882 bits per heavy atom. The highest BCUT2D eigenvalue weighted by Gasteiger charge is 2.19. The van der Waals surface area contributed by atoms with Gasteiger partial charge < -0.3 is 9.47 Å². The van der Waals surface area contributed by atoms with Gasteiger partial charge in [-0.05, 0) is 30.3 Å². The summed E-state index contributed by atoms with van der Waals surface area (Å²) < 4.78 is 26.1. The van der Waals surface area contributed by atoms with Crippen LogP contribution in [0.4, 0.5) is 4.39 Å². The lowest BCUT2D eigenvalue weighted by atomic mass is 9.98. The summed E-state index contributed by atoms with van der Waals surface area (Å²) in [5.41, 5.74) is 2.89. The average molecular weight is 477 g/mol. The highest BCUT2D eigenvalue weighted by atomic mass is 35.5. The molecule has 170 valence electrons. The molecule has 4 rings (SSSR count). The highest BCUT2D eigenvalue weighted by molar-refractivity contribution is 6.36. The topological polar surface area (TPSA) is 78.4 Å². The van der Waals surface area contributed by atoms with Crippen LogP contribution in [0.2, 0.25) is 5.02 Å². The molecule has 0 aliphatic carbocycles. The number of carbonyl (C=O) groups excluding carboxylic acids is 2. The largest absolute Gasteiger partial charge is 0.496 e. The molecule has 0 aliphatic rings. The number of hydrogen-bond acceptors (Lipinski definition) is 6. The van der Waals surface area contributed by atoms with E-state index in [2.05, 4.69) is 9.97 Å². The van der Waals surface area contributed by atoms with E-state index >= 15 is 4.39 Å². The van der Waals surface area contributed by atoms with Gasteiger partial charge in [0.05, 0.1) is 36.1 Å². The van der Waals surface area contributed by atoms with E-state index in [9.17, 15) is 9.59 Å². The molecule has 0 saturated carbocycles. The zero-order chi connectivity index (χ0) is 24.2. The number of aldehydes is 2. The van der Waals surface area contributed by atoms with Gasteiger partial charge in [0.1, 0.15) is 11.4 Å². The van der Waals surface area contributed by atoms with Gasteiger partial charge in [0.15, 0.2) is 18.4 Å². The molecule has 0 atom stereocenters.